The molecular weight excluding hydrogens is 426 g/mol. The molecule has 0 aromatic carbocycles. The van der Waals surface area contributed by atoms with Crippen LogP contribution in [-0.4, -0.2) is 33.7 Å². The van der Waals surface area contributed by atoms with Crippen molar-refractivity contribution in [3.63, 3.8) is 0 Å². The first kappa shape index (κ1) is 26.0. The molecule has 0 aromatic rings. The number of rotatable bonds is 6. The number of hydrogen-bond donors (Lipinski definition) is 2. The standard InChI is InChI=1S/C29H49NO4/c1-18(2)8-7-9-19(3)23-10-11-24-22-16-26(30-33)29(32)17-21(34-20(4)31)12-15-28(29,6)25(22)13-14-27(23,24)5/h18-19,21-25,32-33H,7-17H2,1-6H3/b30-26-/t19-,21+,22+,23+,24-,25-,27-,28-,29-/m1/s1. The fourth-order valence-corrected chi connectivity index (χ4v) is 9.51. The number of nitrogens with zero attached hydrogens (tertiary/aromatic N) is 1. The predicted molar refractivity (Wildman–Crippen MR) is 135 cm³/mol. The monoisotopic (exact) mass is 475 g/mol. The van der Waals surface area contributed by atoms with Crippen molar-refractivity contribution in [3.8, 4) is 0 Å². The van der Waals surface area contributed by atoms with Crippen LogP contribution in [0.4, 0.5) is 0 Å². The quantitative estimate of drug-likeness (QED) is 0.258. The predicted octanol–water partition coefficient (Wildman–Crippen LogP) is 6.59. The van der Waals surface area contributed by atoms with Crippen LogP contribution in [0.15, 0.2) is 5.16 Å². The van der Waals surface area contributed by atoms with Crippen LogP contribution in [0.3, 0.4) is 0 Å². The first-order valence-corrected chi connectivity index (χ1v) is 14.1. The lowest BCUT2D eigenvalue weighted by Crippen LogP contribution is -2.67. The molecule has 0 spiro atoms. The Hall–Kier alpha value is -1.10. The normalized spacial score (nSPS) is 46.0. The zero-order chi connectivity index (χ0) is 24.9. The van der Waals surface area contributed by atoms with Gasteiger partial charge in [0.25, 0.3) is 0 Å². The van der Waals surface area contributed by atoms with Crippen molar-refractivity contribution in [2.24, 2.45) is 51.5 Å². The highest BCUT2D eigenvalue weighted by Crippen LogP contribution is 2.68. The van der Waals surface area contributed by atoms with Gasteiger partial charge in [-0.1, -0.05) is 59.0 Å². The molecule has 0 unspecified atom stereocenters. The number of oxime groups is 1. The molecule has 5 nitrogen and oxygen atoms in total. The summed E-state index contributed by atoms with van der Waals surface area (Å²) in [6.07, 6.45) is 11.2. The Kier molecular flexibility index (Phi) is 7.19. The molecule has 2 N–H and O–H groups in total. The topological polar surface area (TPSA) is 79.1 Å². The van der Waals surface area contributed by atoms with Gasteiger partial charge >= 0.3 is 5.97 Å². The average Bonchev–Trinajstić information content (AvgIpc) is 3.11. The highest BCUT2D eigenvalue weighted by atomic mass is 16.5. The maximum atomic E-state index is 12.0. The number of carbonyl (C=O) groups excluding carboxylic acids is 1. The van der Waals surface area contributed by atoms with E-state index in [0.717, 1.165) is 37.0 Å². The summed E-state index contributed by atoms with van der Waals surface area (Å²) in [7, 11) is 0. The molecule has 4 fully saturated rings. The van der Waals surface area contributed by atoms with Crippen molar-refractivity contribution in [2.45, 2.75) is 124 Å². The minimum atomic E-state index is -1.20. The summed E-state index contributed by atoms with van der Waals surface area (Å²) in [5.74, 6) is 3.53. The van der Waals surface area contributed by atoms with Crippen LogP contribution in [0.5, 0.6) is 0 Å². The summed E-state index contributed by atoms with van der Waals surface area (Å²) in [4.78, 5) is 11.6. The van der Waals surface area contributed by atoms with E-state index in [-0.39, 0.29) is 17.5 Å². The van der Waals surface area contributed by atoms with Gasteiger partial charge in [0.2, 0.25) is 0 Å². The van der Waals surface area contributed by atoms with E-state index < -0.39 is 5.60 Å². The molecule has 0 saturated heterocycles. The Labute approximate surface area is 207 Å². The third-order valence-corrected chi connectivity index (χ3v) is 11.3. The largest absolute Gasteiger partial charge is 0.462 e. The van der Waals surface area contributed by atoms with Crippen LogP contribution >= 0.6 is 0 Å². The molecule has 4 aliphatic rings. The zero-order valence-corrected chi connectivity index (χ0v) is 22.5. The number of carbonyl (C=O) groups is 1. The fourth-order valence-electron chi connectivity index (χ4n) is 9.51. The lowest BCUT2D eigenvalue weighted by Gasteiger charge is -2.64. The van der Waals surface area contributed by atoms with Crippen molar-refractivity contribution in [2.75, 3.05) is 0 Å². The van der Waals surface area contributed by atoms with Crippen LogP contribution in [0.2, 0.25) is 0 Å². The van der Waals surface area contributed by atoms with Gasteiger partial charge in [-0.3, -0.25) is 4.79 Å². The summed E-state index contributed by atoms with van der Waals surface area (Å²) in [6, 6.07) is 0. The lowest BCUT2D eigenvalue weighted by molar-refractivity contribution is -0.183. The van der Waals surface area contributed by atoms with Gasteiger partial charge in [0, 0.05) is 18.8 Å². The minimum Gasteiger partial charge on any atom is -0.462 e. The number of aliphatic hydroxyl groups is 1. The summed E-state index contributed by atoms with van der Waals surface area (Å²) in [5, 5.41) is 25.8. The Morgan fingerprint density at radius 2 is 1.82 bits per heavy atom. The maximum absolute atomic E-state index is 12.0. The molecule has 4 rings (SSSR count). The smallest absolute Gasteiger partial charge is 0.302 e. The van der Waals surface area contributed by atoms with Gasteiger partial charge < -0.3 is 15.1 Å². The molecular formula is C29H49NO4. The summed E-state index contributed by atoms with van der Waals surface area (Å²) in [6.45, 7) is 13.3. The van der Waals surface area contributed by atoms with Crippen LogP contribution in [-0.2, 0) is 9.53 Å². The van der Waals surface area contributed by atoms with Crippen LogP contribution in [0.1, 0.15) is 112 Å². The second-order valence-corrected chi connectivity index (χ2v) is 13.4. The van der Waals surface area contributed by atoms with Crippen LogP contribution in [0.25, 0.3) is 0 Å². The van der Waals surface area contributed by atoms with Gasteiger partial charge in [-0.25, -0.2) is 0 Å². The minimum absolute atomic E-state index is 0.304. The molecule has 34 heavy (non-hydrogen) atoms. The van der Waals surface area contributed by atoms with Crippen molar-refractivity contribution < 1.29 is 19.8 Å². The summed E-state index contributed by atoms with van der Waals surface area (Å²) < 4.78 is 5.52. The SMILES string of the molecule is CC(=O)O[C@H]1CC[C@]2(C)[C@@H]3CC[C@@]4(C)[C@H](CC[C@H]4[C@H](C)CCCC(C)C)[C@@H]3C/C(=N/O)[C@]2(O)C1. The Bertz CT molecular complexity index is 795. The van der Waals surface area contributed by atoms with Crippen molar-refractivity contribution in [3.05, 3.63) is 0 Å². The molecule has 0 bridgehead atoms. The van der Waals surface area contributed by atoms with Gasteiger partial charge in [0.05, 0.1) is 5.71 Å². The van der Waals surface area contributed by atoms with E-state index in [0.29, 0.717) is 41.7 Å². The van der Waals surface area contributed by atoms with E-state index in [1.807, 2.05) is 0 Å². The Balaban J connectivity index is 1.56. The zero-order valence-electron chi connectivity index (χ0n) is 22.5. The number of esters is 1. The fraction of sp³-hybridized carbons (Fsp3) is 0.931. The van der Waals surface area contributed by atoms with Gasteiger partial charge in [-0.2, -0.15) is 0 Å². The second kappa shape index (κ2) is 9.41. The first-order chi connectivity index (χ1) is 16.0. The molecule has 5 heteroatoms. The van der Waals surface area contributed by atoms with E-state index in [1.165, 1.54) is 45.4 Å². The van der Waals surface area contributed by atoms with E-state index in [4.69, 9.17) is 4.74 Å². The van der Waals surface area contributed by atoms with Crippen LogP contribution < -0.4 is 0 Å². The van der Waals surface area contributed by atoms with E-state index in [9.17, 15) is 15.1 Å². The Morgan fingerprint density at radius 1 is 1.09 bits per heavy atom. The highest BCUT2D eigenvalue weighted by molar-refractivity contribution is 5.94. The molecule has 4 saturated carbocycles. The Morgan fingerprint density at radius 3 is 2.47 bits per heavy atom. The average molecular weight is 476 g/mol. The van der Waals surface area contributed by atoms with E-state index in [1.54, 1.807) is 0 Å². The maximum Gasteiger partial charge on any atom is 0.302 e. The first-order valence-electron chi connectivity index (χ1n) is 14.1. The number of ether oxygens (including phenoxy) is 1. The molecule has 0 amide bonds. The molecule has 0 aliphatic heterocycles. The van der Waals surface area contributed by atoms with Crippen molar-refractivity contribution in [1.82, 2.24) is 0 Å². The van der Waals surface area contributed by atoms with Crippen molar-refractivity contribution >= 4 is 11.7 Å². The van der Waals surface area contributed by atoms with Crippen molar-refractivity contribution in [1.29, 1.82) is 0 Å². The summed E-state index contributed by atoms with van der Waals surface area (Å²) >= 11 is 0. The third kappa shape index (κ3) is 4.12. The van der Waals surface area contributed by atoms with Gasteiger partial charge in [-0.05, 0) is 85.9 Å². The van der Waals surface area contributed by atoms with Gasteiger partial charge in [-0.15, -0.1) is 0 Å². The summed E-state index contributed by atoms with van der Waals surface area (Å²) in [5.41, 5.74) is -0.654. The molecule has 9 atom stereocenters. The van der Waals surface area contributed by atoms with Crippen LogP contribution in [0, 0.1) is 46.3 Å². The molecule has 0 aromatic heterocycles. The number of hydrogen-bond acceptors (Lipinski definition) is 5. The molecule has 0 heterocycles. The molecule has 194 valence electrons. The van der Waals surface area contributed by atoms with Gasteiger partial charge in [0.15, 0.2) is 0 Å². The van der Waals surface area contributed by atoms with Gasteiger partial charge in [0.1, 0.15) is 11.7 Å². The van der Waals surface area contributed by atoms with E-state index in [2.05, 4.69) is 39.8 Å². The molecule has 4 aliphatic carbocycles. The number of fused-ring (bicyclic) bond motifs is 5. The van der Waals surface area contributed by atoms with E-state index >= 15 is 0 Å². The third-order valence-electron chi connectivity index (χ3n) is 11.3. The molecule has 0 radical (unpaired) electrons. The highest BCUT2D eigenvalue weighted by Gasteiger charge is 2.67. The second-order valence-electron chi connectivity index (χ2n) is 13.4. The lowest BCUT2D eigenvalue weighted by atomic mass is 9.42.